The van der Waals surface area contributed by atoms with Crippen LogP contribution in [-0.4, -0.2) is 16.9 Å². The molecule has 0 bridgehead atoms. The Morgan fingerprint density at radius 3 is 2.36 bits per heavy atom. The number of fused-ring (bicyclic) bond motifs is 1. The maximum absolute atomic E-state index is 12.2. The number of aromatic hydroxyl groups is 1. The van der Waals surface area contributed by atoms with Gasteiger partial charge in [-0.2, -0.15) is 0 Å². The molecule has 0 heterocycles. The fourth-order valence-electron chi connectivity index (χ4n) is 2.37. The van der Waals surface area contributed by atoms with Crippen molar-refractivity contribution < 1.29 is 14.7 Å². The molecule has 0 aliphatic rings. The molecule has 0 aliphatic carbocycles. The molecule has 0 radical (unpaired) electrons. The number of anilines is 3. The number of benzene rings is 3. The SMILES string of the molecule is Nc1ccc(NC(=O)C(=O)Nc2cccc3c(O)cccc23)cc1Cl. The van der Waals surface area contributed by atoms with Gasteiger partial charge in [-0.15, -0.1) is 0 Å². The van der Waals surface area contributed by atoms with Crippen molar-refractivity contribution in [2.75, 3.05) is 16.4 Å². The second-order valence-electron chi connectivity index (χ2n) is 5.32. The number of rotatable bonds is 2. The number of nitrogens with one attached hydrogen (secondary N) is 2. The van der Waals surface area contributed by atoms with E-state index in [2.05, 4.69) is 10.6 Å². The van der Waals surface area contributed by atoms with Gasteiger partial charge in [0, 0.05) is 22.1 Å². The summed E-state index contributed by atoms with van der Waals surface area (Å²) >= 11 is 5.89. The van der Waals surface area contributed by atoms with Crippen LogP contribution in [0.25, 0.3) is 10.8 Å². The van der Waals surface area contributed by atoms with Gasteiger partial charge in [-0.3, -0.25) is 9.59 Å². The van der Waals surface area contributed by atoms with Gasteiger partial charge in [0.05, 0.1) is 10.7 Å². The third kappa shape index (κ3) is 3.49. The van der Waals surface area contributed by atoms with Crippen molar-refractivity contribution in [3.05, 3.63) is 59.6 Å². The molecule has 0 aromatic heterocycles. The summed E-state index contributed by atoms with van der Waals surface area (Å²) in [5, 5.41) is 16.3. The van der Waals surface area contributed by atoms with Crippen LogP contribution in [0.15, 0.2) is 54.6 Å². The quantitative estimate of drug-likeness (QED) is 0.418. The van der Waals surface area contributed by atoms with Crippen LogP contribution < -0.4 is 16.4 Å². The van der Waals surface area contributed by atoms with E-state index in [4.69, 9.17) is 17.3 Å². The van der Waals surface area contributed by atoms with Gasteiger partial charge in [-0.05, 0) is 30.3 Å². The first-order valence-corrected chi connectivity index (χ1v) is 7.71. The van der Waals surface area contributed by atoms with Crippen LogP contribution in [0.4, 0.5) is 17.1 Å². The van der Waals surface area contributed by atoms with E-state index in [-0.39, 0.29) is 10.8 Å². The average molecular weight is 356 g/mol. The lowest BCUT2D eigenvalue weighted by Gasteiger charge is -2.10. The summed E-state index contributed by atoms with van der Waals surface area (Å²) in [5.74, 6) is -1.60. The summed E-state index contributed by atoms with van der Waals surface area (Å²) in [4.78, 5) is 24.2. The van der Waals surface area contributed by atoms with E-state index in [1.807, 2.05) is 0 Å². The van der Waals surface area contributed by atoms with Crippen LogP contribution in [0.5, 0.6) is 5.75 Å². The fourth-order valence-corrected chi connectivity index (χ4v) is 2.55. The highest BCUT2D eigenvalue weighted by Crippen LogP contribution is 2.29. The van der Waals surface area contributed by atoms with Gasteiger partial charge in [0.25, 0.3) is 0 Å². The van der Waals surface area contributed by atoms with Crippen LogP contribution in [0.1, 0.15) is 0 Å². The maximum atomic E-state index is 12.2. The molecule has 3 rings (SSSR count). The van der Waals surface area contributed by atoms with Crippen LogP contribution in [0.3, 0.4) is 0 Å². The van der Waals surface area contributed by atoms with Crippen LogP contribution >= 0.6 is 11.6 Å². The van der Waals surface area contributed by atoms with Gasteiger partial charge in [0.1, 0.15) is 5.75 Å². The van der Waals surface area contributed by atoms with Gasteiger partial charge in [-0.1, -0.05) is 35.9 Å². The molecule has 0 unspecified atom stereocenters. The van der Waals surface area contributed by atoms with Crippen LogP contribution in [0.2, 0.25) is 5.02 Å². The molecule has 126 valence electrons. The van der Waals surface area contributed by atoms with Gasteiger partial charge >= 0.3 is 11.8 Å². The lowest BCUT2D eigenvalue weighted by Crippen LogP contribution is -2.29. The van der Waals surface area contributed by atoms with Crippen molar-refractivity contribution >= 4 is 51.2 Å². The van der Waals surface area contributed by atoms with E-state index in [1.165, 1.54) is 12.1 Å². The van der Waals surface area contributed by atoms with Gasteiger partial charge in [-0.25, -0.2) is 0 Å². The molecule has 3 aromatic carbocycles. The number of phenols is 1. The van der Waals surface area contributed by atoms with Crippen molar-refractivity contribution in [3.8, 4) is 5.75 Å². The summed E-state index contributed by atoms with van der Waals surface area (Å²) in [7, 11) is 0. The summed E-state index contributed by atoms with van der Waals surface area (Å²) in [6, 6.07) is 14.5. The molecule has 25 heavy (non-hydrogen) atoms. The van der Waals surface area contributed by atoms with Crippen molar-refractivity contribution in [3.63, 3.8) is 0 Å². The standard InChI is InChI=1S/C18H14ClN3O3/c19-13-9-10(7-8-14(13)20)21-17(24)18(25)22-15-5-1-4-12-11(15)3-2-6-16(12)23/h1-9,23H,20H2,(H,21,24)(H,22,25). The summed E-state index contributed by atoms with van der Waals surface area (Å²) in [6.07, 6.45) is 0. The van der Waals surface area contributed by atoms with E-state index < -0.39 is 11.8 Å². The Morgan fingerprint density at radius 1 is 0.920 bits per heavy atom. The Bertz CT molecular complexity index is 988. The molecular weight excluding hydrogens is 342 g/mol. The Hall–Kier alpha value is -3.25. The molecule has 2 amide bonds. The number of amides is 2. The van der Waals surface area contributed by atoms with E-state index in [1.54, 1.807) is 42.5 Å². The number of nitrogen functional groups attached to an aromatic ring is 1. The largest absolute Gasteiger partial charge is 0.507 e. The van der Waals surface area contributed by atoms with Crippen molar-refractivity contribution in [1.29, 1.82) is 0 Å². The molecular formula is C18H14ClN3O3. The zero-order valence-electron chi connectivity index (χ0n) is 12.9. The van der Waals surface area contributed by atoms with Crippen molar-refractivity contribution in [2.45, 2.75) is 0 Å². The number of hydrogen-bond donors (Lipinski definition) is 4. The second kappa shape index (κ2) is 6.70. The fraction of sp³-hybridized carbons (Fsp3) is 0. The van der Waals surface area contributed by atoms with Crippen LogP contribution in [-0.2, 0) is 9.59 Å². The van der Waals surface area contributed by atoms with E-state index in [0.29, 0.717) is 27.8 Å². The van der Waals surface area contributed by atoms with Crippen molar-refractivity contribution in [2.24, 2.45) is 0 Å². The smallest absolute Gasteiger partial charge is 0.314 e. The van der Waals surface area contributed by atoms with Gasteiger partial charge < -0.3 is 21.5 Å². The monoisotopic (exact) mass is 355 g/mol. The average Bonchev–Trinajstić information content (AvgIpc) is 2.59. The van der Waals surface area contributed by atoms with Crippen LogP contribution in [0, 0.1) is 0 Å². The topological polar surface area (TPSA) is 104 Å². The molecule has 7 heteroatoms. The van der Waals surface area contributed by atoms with E-state index in [9.17, 15) is 14.7 Å². The predicted molar refractivity (Wildman–Crippen MR) is 98.7 cm³/mol. The third-order valence-corrected chi connectivity index (χ3v) is 3.94. The maximum Gasteiger partial charge on any atom is 0.314 e. The lowest BCUT2D eigenvalue weighted by atomic mass is 10.1. The number of carbonyl (C=O) groups excluding carboxylic acids is 2. The van der Waals surface area contributed by atoms with Gasteiger partial charge in [0.15, 0.2) is 0 Å². The van der Waals surface area contributed by atoms with Gasteiger partial charge in [0.2, 0.25) is 0 Å². The summed E-state index contributed by atoms with van der Waals surface area (Å²) < 4.78 is 0. The highest BCUT2D eigenvalue weighted by Gasteiger charge is 2.16. The Kier molecular flexibility index (Phi) is 4.45. The minimum atomic E-state index is -0.849. The first kappa shape index (κ1) is 16.6. The molecule has 0 aliphatic heterocycles. The number of halogens is 1. The minimum absolute atomic E-state index is 0.0922. The normalized spacial score (nSPS) is 10.4. The zero-order valence-corrected chi connectivity index (χ0v) is 13.7. The van der Waals surface area contributed by atoms with E-state index >= 15 is 0 Å². The first-order chi connectivity index (χ1) is 12.0. The minimum Gasteiger partial charge on any atom is -0.507 e. The zero-order chi connectivity index (χ0) is 18.0. The molecule has 0 saturated heterocycles. The molecule has 0 atom stereocenters. The highest BCUT2D eigenvalue weighted by molar-refractivity contribution is 6.44. The molecule has 0 fully saturated rings. The molecule has 3 aromatic rings. The summed E-state index contributed by atoms with van der Waals surface area (Å²) in [5.41, 5.74) is 6.75. The number of phenolic OH excluding ortho intramolecular Hbond substituents is 1. The molecule has 6 nitrogen and oxygen atoms in total. The van der Waals surface area contributed by atoms with E-state index in [0.717, 1.165) is 0 Å². The molecule has 0 spiro atoms. The molecule has 5 N–H and O–H groups in total. The highest BCUT2D eigenvalue weighted by atomic mass is 35.5. The molecule has 0 saturated carbocycles. The third-order valence-electron chi connectivity index (χ3n) is 3.61. The summed E-state index contributed by atoms with van der Waals surface area (Å²) in [6.45, 7) is 0. The van der Waals surface area contributed by atoms with Crippen molar-refractivity contribution in [1.82, 2.24) is 0 Å². The number of nitrogens with two attached hydrogens (primary N) is 1. The first-order valence-electron chi connectivity index (χ1n) is 7.34. The second-order valence-corrected chi connectivity index (χ2v) is 5.73. The lowest BCUT2D eigenvalue weighted by molar-refractivity contribution is -0.132. The Morgan fingerprint density at radius 2 is 1.60 bits per heavy atom. The number of hydrogen-bond acceptors (Lipinski definition) is 4. The Balaban J connectivity index is 1.79. The number of carbonyl (C=O) groups is 2. The predicted octanol–water partition coefficient (Wildman–Crippen LogP) is 3.36. The Labute approximate surface area is 148 Å².